The van der Waals surface area contributed by atoms with Crippen LogP contribution in [0, 0.1) is 0 Å². The van der Waals surface area contributed by atoms with E-state index >= 15 is 0 Å². The van der Waals surface area contributed by atoms with Crippen molar-refractivity contribution >= 4 is 9.52 Å². The van der Waals surface area contributed by atoms with Crippen molar-refractivity contribution in [1.29, 1.82) is 0 Å². The minimum absolute atomic E-state index is 0.106. The van der Waals surface area contributed by atoms with Crippen LogP contribution in [0.1, 0.15) is 26.2 Å². The number of hydrogen-bond acceptors (Lipinski definition) is 2. The van der Waals surface area contributed by atoms with Crippen LogP contribution in [0.15, 0.2) is 21.2 Å². The van der Waals surface area contributed by atoms with E-state index in [1.165, 1.54) is 25.3 Å². The molecule has 0 saturated heterocycles. The molecule has 0 spiro atoms. The van der Waals surface area contributed by atoms with Crippen molar-refractivity contribution in [2.24, 2.45) is 0 Å². The van der Waals surface area contributed by atoms with Crippen LogP contribution < -0.4 is 0 Å². The SMILES string of the molecule is COC(OC)[SiH2]CCCC1=CC[C]([Pt]([CH3])([CH3])[CH3])=C1C. The first-order valence-corrected chi connectivity index (χ1v) is 16.5. The fourth-order valence-corrected chi connectivity index (χ4v) is 8.36. The molecule has 0 fully saturated rings. The number of ether oxygens (including phenoxy) is 2. The van der Waals surface area contributed by atoms with E-state index in [-0.39, 0.29) is 15.4 Å². The van der Waals surface area contributed by atoms with Gasteiger partial charge in [0.05, 0.1) is 0 Å². The Hall–Kier alpha value is 0.305. The minimum atomic E-state index is -1.54. The average molecular weight is 466 g/mol. The zero-order chi connectivity index (χ0) is 14.5. The molecule has 0 radical (unpaired) electrons. The van der Waals surface area contributed by atoms with E-state index in [0.717, 1.165) is 0 Å². The summed E-state index contributed by atoms with van der Waals surface area (Å²) in [7, 11) is 3.24. The molecule has 0 N–H and O–H groups in total. The van der Waals surface area contributed by atoms with Crippen LogP contribution in [0.5, 0.6) is 0 Å². The molecule has 2 nitrogen and oxygen atoms in total. The summed E-state index contributed by atoms with van der Waals surface area (Å²) in [6.07, 6.45) is 6.25. The Morgan fingerprint density at radius 1 is 1.26 bits per heavy atom. The third kappa shape index (κ3) is 5.30. The third-order valence-corrected chi connectivity index (χ3v) is 11.1. The summed E-state index contributed by atoms with van der Waals surface area (Å²) in [6.45, 7) is 2.34. The predicted molar refractivity (Wildman–Crippen MR) is 83.4 cm³/mol. The Morgan fingerprint density at radius 3 is 2.37 bits per heavy atom. The van der Waals surface area contributed by atoms with Crippen LogP contribution in [-0.2, 0) is 25.5 Å². The molecule has 0 heterocycles. The van der Waals surface area contributed by atoms with E-state index in [1.807, 2.05) is 0 Å². The van der Waals surface area contributed by atoms with Gasteiger partial charge >= 0.3 is 125 Å². The topological polar surface area (TPSA) is 18.5 Å². The van der Waals surface area contributed by atoms with Crippen molar-refractivity contribution < 1.29 is 25.5 Å². The molecule has 0 aliphatic heterocycles. The first-order valence-electron chi connectivity index (χ1n) is 6.71. The summed E-state index contributed by atoms with van der Waals surface area (Å²) >= 11 is -1.54. The van der Waals surface area contributed by atoms with Crippen LogP contribution in [0.25, 0.3) is 0 Å². The van der Waals surface area contributed by atoms with Crippen molar-refractivity contribution in [3.63, 3.8) is 0 Å². The van der Waals surface area contributed by atoms with Gasteiger partial charge in [-0.25, -0.2) is 0 Å². The number of allylic oxidation sites excluding steroid dienone is 4. The zero-order valence-corrected chi connectivity index (χ0v) is 17.0. The Labute approximate surface area is 124 Å². The molecule has 0 aromatic heterocycles. The fourth-order valence-electron chi connectivity index (χ4n) is 2.47. The number of rotatable bonds is 8. The second-order valence-corrected chi connectivity index (χ2v) is 19.0. The van der Waals surface area contributed by atoms with Crippen LogP contribution >= 0.6 is 0 Å². The van der Waals surface area contributed by atoms with Gasteiger partial charge in [-0.1, -0.05) is 0 Å². The average Bonchev–Trinajstić information content (AvgIpc) is 2.71. The van der Waals surface area contributed by atoms with Gasteiger partial charge in [0.2, 0.25) is 0 Å². The van der Waals surface area contributed by atoms with Gasteiger partial charge in [-0.15, -0.1) is 0 Å². The van der Waals surface area contributed by atoms with Crippen molar-refractivity contribution in [3.05, 3.63) is 21.2 Å². The Balaban J connectivity index is 2.38. The van der Waals surface area contributed by atoms with E-state index in [4.69, 9.17) is 9.47 Å². The summed E-state index contributed by atoms with van der Waals surface area (Å²) < 4.78 is 12.4. The van der Waals surface area contributed by atoms with E-state index in [9.17, 15) is 0 Å². The van der Waals surface area contributed by atoms with Crippen LogP contribution in [0.4, 0.5) is 0 Å². The molecule has 19 heavy (non-hydrogen) atoms. The molecule has 0 saturated carbocycles. The summed E-state index contributed by atoms with van der Waals surface area (Å²) in [5, 5.41) is 7.49. The van der Waals surface area contributed by atoms with Crippen molar-refractivity contribution in [2.45, 2.75) is 54.1 Å². The Morgan fingerprint density at radius 2 is 1.89 bits per heavy atom. The molecular formula is C15H30O2PtSi. The summed E-state index contributed by atoms with van der Waals surface area (Å²) in [6, 6.07) is 1.31. The standard InChI is InChI=1S/C12H21O2Si.3CH3.Pt/c1-10-6-4-7-11(10)8-5-9-15-12(13-2)14-3;;;;/h7,12H,4-5,8-9,15H2,1-3H3;3*1H3;. The van der Waals surface area contributed by atoms with Gasteiger partial charge in [0.1, 0.15) is 0 Å². The monoisotopic (exact) mass is 465 g/mol. The maximum atomic E-state index is 5.28. The van der Waals surface area contributed by atoms with Crippen molar-refractivity contribution in [3.8, 4) is 0 Å². The Bertz CT molecular complexity index is 352. The summed E-state index contributed by atoms with van der Waals surface area (Å²) in [5.74, 6) is 0.106. The van der Waals surface area contributed by atoms with Crippen LogP contribution in [0.2, 0.25) is 22.0 Å². The maximum absolute atomic E-state index is 5.28. The fraction of sp³-hybridized carbons (Fsp3) is 0.733. The first kappa shape index (κ1) is 17.4. The van der Waals surface area contributed by atoms with E-state index in [2.05, 4.69) is 28.9 Å². The molecule has 0 bridgehead atoms. The van der Waals surface area contributed by atoms with Crippen molar-refractivity contribution in [1.82, 2.24) is 0 Å². The molecule has 0 unspecified atom stereocenters. The zero-order valence-electron chi connectivity index (χ0n) is 13.3. The first-order chi connectivity index (χ1) is 8.90. The molecule has 0 amide bonds. The third-order valence-electron chi connectivity index (χ3n) is 3.61. The van der Waals surface area contributed by atoms with Gasteiger partial charge in [-0.05, 0) is 0 Å². The molecule has 0 atom stereocenters. The molecule has 116 valence electrons. The molecule has 1 rings (SSSR count). The van der Waals surface area contributed by atoms with Crippen molar-refractivity contribution in [2.75, 3.05) is 14.2 Å². The number of hydrogen-bond donors (Lipinski definition) is 0. The number of methoxy groups -OCH3 is 2. The van der Waals surface area contributed by atoms with E-state index in [0.29, 0.717) is 0 Å². The predicted octanol–water partition coefficient (Wildman–Crippen LogP) is 3.83. The van der Waals surface area contributed by atoms with Crippen LogP contribution in [-0.4, -0.2) is 29.7 Å². The molecule has 0 aromatic rings. The van der Waals surface area contributed by atoms with Gasteiger partial charge in [-0.3, -0.25) is 0 Å². The quantitative estimate of drug-likeness (QED) is 0.308. The van der Waals surface area contributed by atoms with Gasteiger partial charge in [0, 0.05) is 0 Å². The molecule has 0 aromatic carbocycles. The second-order valence-electron chi connectivity index (χ2n) is 5.50. The molecular weight excluding hydrogens is 435 g/mol. The van der Waals surface area contributed by atoms with Gasteiger partial charge in [0.15, 0.2) is 0 Å². The van der Waals surface area contributed by atoms with Crippen LogP contribution in [0.3, 0.4) is 0 Å². The van der Waals surface area contributed by atoms with Gasteiger partial charge < -0.3 is 0 Å². The molecule has 1 aliphatic rings. The van der Waals surface area contributed by atoms with Gasteiger partial charge in [-0.2, -0.15) is 0 Å². The normalized spacial score (nSPS) is 17.9. The Kier molecular flexibility index (Phi) is 7.24. The second kappa shape index (κ2) is 7.92. The van der Waals surface area contributed by atoms with Gasteiger partial charge in [0.25, 0.3) is 0 Å². The summed E-state index contributed by atoms with van der Waals surface area (Å²) in [4.78, 5) is 0. The van der Waals surface area contributed by atoms with E-state index < -0.39 is 16.1 Å². The molecule has 1 aliphatic carbocycles. The van der Waals surface area contributed by atoms with E-state index in [1.54, 1.807) is 29.3 Å². The summed E-state index contributed by atoms with van der Waals surface area (Å²) in [5.41, 5.74) is 3.25. The molecule has 4 heteroatoms.